The topological polar surface area (TPSA) is 24.1 Å². The third kappa shape index (κ3) is 3.51. The van der Waals surface area contributed by atoms with Crippen molar-refractivity contribution in [3.05, 3.63) is 35.4 Å². The molecule has 2 nitrogen and oxygen atoms in total. The lowest BCUT2D eigenvalue weighted by Crippen LogP contribution is -2.36. The average Bonchev–Trinajstić information content (AvgIpc) is 2.99. The molecule has 0 aromatic heterocycles. The first kappa shape index (κ1) is 10.4. The van der Waals surface area contributed by atoms with Crippen LogP contribution in [0.5, 0.6) is 0 Å². The summed E-state index contributed by atoms with van der Waals surface area (Å²) in [4.78, 5) is 0. The summed E-state index contributed by atoms with van der Waals surface area (Å²) in [5, 5.41) is 7.25. The molecule has 0 amide bonds. The maximum atomic E-state index is 5.18. The lowest BCUT2D eigenvalue weighted by Gasteiger charge is -2.09. The van der Waals surface area contributed by atoms with Crippen molar-refractivity contribution in [3.63, 3.8) is 0 Å². The minimum absolute atomic E-state index is 0.627. The highest BCUT2D eigenvalue weighted by molar-refractivity contribution is 7.80. The second kappa shape index (κ2) is 4.62. The molecule has 0 bridgehead atoms. The third-order valence-electron chi connectivity index (χ3n) is 2.45. The van der Waals surface area contributed by atoms with E-state index < -0.39 is 0 Å². The molecule has 1 aliphatic carbocycles. The van der Waals surface area contributed by atoms with Gasteiger partial charge in [0.1, 0.15) is 0 Å². The summed E-state index contributed by atoms with van der Waals surface area (Å²) in [7, 11) is 0. The van der Waals surface area contributed by atoms with E-state index in [0.717, 1.165) is 11.7 Å². The first-order valence-corrected chi connectivity index (χ1v) is 5.75. The molecule has 0 spiro atoms. The van der Waals surface area contributed by atoms with Crippen LogP contribution in [0.15, 0.2) is 24.3 Å². The summed E-state index contributed by atoms with van der Waals surface area (Å²) in [6, 6.07) is 9.09. The molecular weight excluding hydrogens is 204 g/mol. The average molecular weight is 220 g/mol. The maximum Gasteiger partial charge on any atom is 0.166 e. The number of aryl methyl sites for hydroxylation is 1. The summed E-state index contributed by atoms with van der Waals surface area (Å²) in [5.74, 6) is 0. The minimum Gasteiger partial charge on any atom is -0.360 e. The van der Waals surface area contributed by atoms with Crippen LogP contribution in [0.25, 0.3) is 0 Å². The van der Waals surface area contributed by atoms with Crippen LogP contribution in [0.3, 0.4) is 0 Å². The molecule has 2 rings (SSSR count). The fourth-order valence-electron chi connectivity index (χ4n) is 1.47. The van der Waals surface area contributed by atoms with Gasteiger partial charge in [0.2, 0.25) is 0 Å². The third-order valence-corrected chi connectivity index (χ3v) is 2.71. The lowest BCUT2D eigenvalue weighted by molar-refractivity contribution is 0.828. The van der Waals surface area contributed by atoms with E-state index in [9.17, 15) is 0 Å². The van der Waals surface area contributed by atoms with Gasteiger partial charge in [-0.15, -0.1) is 0 Å². The molecule has 80 valence electrons. The molecule has 2 N–H and O–H groups in total. The number of hydrogen-bond donors (Lipinski definition) is 2. The molecule has 0 heterocycles. The van der Waals surface area contributed by atoms with E-state index in [1.807, 2.05) is 0 Å². The molecule has 1 aromatic carbocycles. The second-order valence-corrected chi connectivity index (χ2v) is 4.50. The molecule has 1 aromatic rings. The first-order valence-electron chi connectivity index (χ1n) is 5.34. The van der Waals surface area contributed by atoms with Crippen LogP contribution in [0, 0.1) is 6.92 Å². The summed E-state index contributed by atoms with van der Waals surface area (Å²) in [6.45, 7) is 2.91. The zero-order valence-electron chi connectivity index (χ0n) is 8.92. The summed E-state index contributed by atoms with van der Waals surface area (Å²) in [5.41, 5.74) is 2.56. The van der Waals surface area contributed by atoms with Gasteiger partial charge in [0, 0.05) is 12.6 Å². The van der Waals surface area contributed by atoms with Crippen LogP contribution < -0.4 is 10.6 Å². The Morgan fingerprint density at radius 2 is 2.27 bits per heavy atom. The van der Waals surface area contributed by atoms with Gasteiger partial charge in [-0.2, -0.15) is 0 Å². The van der Waals surface area contributed by atoms with Crippen molar-refractivity contribution in [1.29, 1.82) is 0 Å². The number of hydrogen-bond acceptors (Lipinski definition) is 1. The lowest BCUT2D eigenvalue weighted by atomic mass is 10.1. The van der Waals surface area contributed by atoms with Gasteiger partial charge >= 0.3 is 0 Å². The van der Waals surface area contributed by atoms with Crippen LogP contribution in [-0.2, 0) is 6.54 Å². The monoisotopic (exact) mass is 220 g/mol. The van der Waals surface area contributed by atoms with Crippen molar-refractivity contribution >= 4 is 17.3 Å². The van der Waals surface area contributed by atoms with Gasteiger partial charge < -0.3 is 10.6 Å². The highest BCUT2D eigenvalue weighted by atomic mass is 32.1. The van der Waals surface area contributed by atoms with Crippen molar-refractivity contribution in [2.45, 2.75) is 32.4 Å². The summed E-state index contributed by atoms with van der Waals surface area (Å²) >= 11 is 5.18. The van der Waals surface area contributed by atoms with Crippen LogP contribution in [0.1, 0.15) is 24.0 Å². The van der Waals surface area contributed by atoms with Gasteiger partial charge in [0.05, 0.1) is 0 Å². The van der Waals surface area contributed by atoms with E-state index in [-0.39, 0.29) is 0 Å². The SMILES string of the molecule is Cc1cccc(CNC(=S)NC2CC2)c1. The summed E-state index contributed by atoms with van der Waals surface area (Å²) < 4.78 is 0. The van der Waals surface area contributed by atoms with E-state index in [0.29, 0.717) is 6.04 Å². The molecule has 15 heavy (non-hydrogen) atoms. The normalized spacial score (nSPS) is 14.7. The van der Waals surface area contributed by atoms with Crippen LogP contribution in [0.2, 0.25) is 0 Å². The predicted octanol–water partition coefficient (Wildman–Crippen LogP) is 2.12. The van der Waals surface area contributed by atoms with Gasteiger partial charge in [-0.05, 0) is 37.5 Å². The molecule has 1 aliphatic rings. The highest BCUT2D eigenvalue weighted by Gasteiger charge is 2.21. The van der Waals surface area contributed by atoms with Crippen LogP contribution in [-0.4, -0.2) is 11.2 Å². The molecule has 3 heteroatoms. The standard InChI is InChI=1S/C12H16N2S/c1-9-3-2-4-10(7-9)8-13-12(15)14-11-5-6-11/h2-4,7,11H,5-6,8H2,1H3,(H2,13,14,15). The molecule has 0 atom stereocenters. The van der Waals surface area contributed by atoms with Gasteiger partial charge in [-0.3, -0.25) is 0 Å². The Labute approximate surface area is 96.1 Å². The van der Waals surface area contributed by atoms with Crippen molar-refractivity contribution in [3.8, 4) is 0 Å². The van der Waals surface area contributed by atoms with E-state index in [2.05, 4.69) is 41.8 Å². The largest absolute Gasteiger partial charge is 0.360 e. The van der Waals surface area contributed by atoms with Gasteiger partial charge in [0.25, 0.3) is 0 Å². The Morgan fingerprint density at radius 3 is 2.93 bits per heavy atom. The molecule has 0 saturated heterocycles. The number of rotatable bonds is 3. The molecule has 0 unspecified atom stereocenters. The predicted molar refractivity (Wildman–Crippen MR) is 66.8 cm³/mol. The fourth-order valence-corrected chi connectivity index (χ4v) is 1.71. The minimum atomic E-state index is 0.627. The van der Waals surface area contributed by atoms with Crippen molar-refractivity contribution in [2.75, 3.05) is 0 Å². The Morgan fingerprint density at radius 1 is 1.47 bits per heavy atom. The van der Waals surface area contributed by atoms with Gasteiger partial charge in [0.15, 0.2) is 5.11 Å². The van der Waals surface area contributed by atoms with Gasteiger partial charge in [-0.1, -0.05) is 29.8 Å². The van der Waals surface area contributed by atoms with Gasteiger partial charge in [-0.25, -0.2) is 0 Å². The van der Waals surface area contributed by atoms with E-state index >= 15 is 0 Å². The Bertz CT molecular complexity index is 358. The van der Waals surface area contributed by atoms with Crippen LogP contribution >= 0.6 is 12.2 Å². The molecule has 1 saturated carbocycles. The molecule has 0 radical (unpaired) electrons. The fraction of sp³-hybridized carbons (Fsp3) is 0.417. The molecular formula is C12H16N2S. The number of benzene rings is 1. The number of thiocarbonyl (C=S) groups is 1. The van der Waals surface area contributed by atoms with E-state index in [1.54, 1.807) is 0 Å². The number of nitrogens with one attached hydrogen (secondary N) is 2. The Kier molecular flexibility index (Phi) is 3.21. The van der Waals surface area contributed by atoms with Crippen molar-refractivity contribution in [2.24, 2.45) is 0 Å². The smallest absolute Gasteiger partial charge is 0.166 e. The quantitative estimate of drug-likeness (QED) is 0.763. The zero-order valence-corrected chi connectivity index (χ0v) is 9.73. The van der Waals surface area contributed by atoms with E-state index in [1.165, 1.54) is 24.0 Å². The van der Waals surface area contributed by atoms with Crippen molar-refractivity contribution in [1.82, 2.24) is 10.6 Å². The summed E-state index contributed by atoms with van der Waals surface area (Å²) in [6.07, 6.45) is 2.51. The second-order valence-electron chi connectivity index (χ2n) is 4.09. The van der Waals surface area contributed by atoms with Crippen molar-refractivity contribution < 1.29 is 0 Å². The molecule has 0 aliphatic heterocycles. The van der Waals surface area contributed by atoms with Crippen LogP contribution in [0.4, 0.5) is 0 Å². The Balaban J connectivity index is 1.78. The highest BCUT2D eigenvalue weighted by Crippen LogP contribution is 2.18. The zero-order chi connectivity index (χ0) is 10.7. The van der Waals surface area contributed by atoms with E-state index in [4.69, 9.17) is 12.2 Å². The first-order chi connectivity index (χ1) is 7.24. The molecule has 1 fully saturated rings. The Hall–Kier alpha value is -1.09. The maximum absolute atomic E-state index is 5.18.